The van der Waals surface area contributed by atoms with E-state index in [9.17, 15) is 4.79 Å². The summed E-state index contributed by atoms with van der Waals surface area (Å²) in [5.41, 5.74) is 2.49. The lowest BCUT2D eigenvalue weighted by Gasteiger charge is -2.05. The van der Waals surface area contributed by atoms with E-state index in [0.29, 0.717) is 13.0 Å². The third-order valence-electron chi connectivity index (χ3n) is 3.14. The standard InChI is InChI=1S/C18H21NOS/c20-18(19-14-16-8-3-1-4-9-16)12-7-13-21-15-17-10-5-2-6-11-17/h1-6,8-11H,7,12-15H2,(H,19,20). The lowest BCUT2D eigenvalue weighted by Crippen LogP contribution is -2.22. The molecule has 0 heterocycles. The topological polar surface area (TPSA) is 29.1 Å². The van der Waals surface area contributed by atoms with Crippen molar-refractivity contribution in [2.45, 2.75) is 25.1 Å². The molecule has 0 aliphatic heterocycles. The van der Waals surface area contributed by atoms with Gasteiger partial charge in [0.1, 0.15) is 0 Å². The van der Waals surface area contributed by atoms with Crippen molar-refractivity contribution in [3.63, 3.8) is 0 Å². The van der Waals surface area contributed by atoms with Crippen molar-refractivity contribution in [3.8, 4) is 0 Å². The number of rotatable bonds is 8. The van der Waals surface area contributed by atoms with Crippen LogP contribution in [0.5, 0.6) is 0 Å². The second-order valence-electron chi connectivity index (χ2n) is 4.90. The number of hydrogen-bond acceptors (Lipinski definition) is 2. The van der Waals surface area contributed by atoms with Gasteiger partial charge in [-0.3, -0.25) is 4.79 Å². The Morgan fingerprint density at radius 2 is 1.52 bits per heavy atom. The van der Waals surface area contributed by atoms with E-state index in [0.717, 1.165) is 23.5 Å². The monoisotopic (exact) mass is 299 g/mol. The SMILES string of the molecule is O=C(CCCSCc1ccccc1)NCc1ccccc1. The van der Waals surface area contributed by atoms with Gasteiger partial charge in [-0.2, -0.15) is 11.8 Å². The molecule has 0 aromatic heterocycles. The zero-order chi connectivity index (χ0) is 14.8. The first-order chi connectivity index (χ1) is 10.3. The van der Waals surface area contributed by atoms with Crippen LogP contribution in [0.1, 0.15) is 24.0 Å². The Hall–Kier alpha value is -1.74. The fourth-order valence-electron chi connectivity index (χ4n) is 1.98. The number of hydrogen-bond donors (Lipinski definition) is 1. The van der Waals surface area contributed by atoms with E-state index < -0.39 is 0 Å². The minimum atomic E-state index is 0.138. The molecule has 0 aliphatic rings. The van der Waals surface area contributed by atoms with Crippen molar-refractivity contribution >= 4 is 17.7 Å². The van der Waals surface area contributed by atoms with Crippen LogP contribution in [-0.2, 0) is 17.1 Å². The molecule has 2 nitrogen and oxygen atoms in total. The normalized spacial score (nSPS) is 10.3. The van der Waals surface area contributed by atoms with Crippen LogP contribution < -0.4 is 5.32 Å². The first-order valence-electron chi connectivity index (χ1n) is 7.27. The van der Waals surface area contributed by atoms with Gasteiger partial charge >= 0.3 is 0 Å². The third-order valence-corrected chi connectivity index (χ3v) is 4.25. The molecular formula is C18H21NOS. The van der Waals surface area contributed by atoms with E-state index in [4.69, 9.17) is 0 Å². The van der Waals surface area contributed by atoms with E-state index in [1.165, 1.54) is 5.56 Å². The Labute approximate surface area is 131 Å². The molecule has 2 aromatic rings. The van der Waals surface area contributed by atoms with Gasteiger partial charge in [0, 0.05) is 18.7 Å². The lowest BCUT2D eigenvalue weighted by molar-refractivity contribution is -0.121. The number of nitrogens with one attached hydrogen (secondary N) is 1. The van der Waals surface area contributed by atoms with E-state index in [2.05, 4.69) is 29.6 Å². The Kier molecular flexibility index (Phi) is 6.89. The van der Waals surface area contributed by atoms with Crippen molar-refractivity contribution in [1.29, 1.82) is 0 Å². The number of amides is 1. The Morgan fingerprint density at radius 3 is 2.19 bits per heavy atom. The van der Waals surface area contributed by atoms with Crippen molar-refractivity contribution in [3.05, 3.63) is 71.8 Å². The average molecular weight is 299 g/mol. The predicted molar refractivity (Wildman–Crippen MR) is 90.1 cm³/mol. The van der Waals surface area contributed by atoms with Crippen LogP contribution in [-0.4, -0.2) is 11.7 Å². The van der Waals surface area contributed by atoms with Crippen LogP contribution in [0.2, 0.25) is 0 Å². The van der Waals surface area contributed by atoms with Crippen molar-refractivity contribution in [1.82, 2.24) is 5.32 Å². The van der Waals surface area contributed by atoms with Crippen LogP contribution in [0.3, 0.4) is 0 Å². The van der Waals surface area contributed by atoms with Gasteiger partial charge in [-0.15, -0.1) is 0 Å². The predicted octanol–water partition coefficient (Wildman–Crippen LogP) is 4.02. The largest absolute Gasteiger partial charge is 0.352 e. The summed E-state index contributed by atoms with van der Waals surface area (Å²) in [6.45, 7) is 0.622. The minimum Gasteiger partial charge on any atom is -0.352 e. The molecule has 0 aliphatic carbocycles. The Balaban J connectivity index is 1.53. The first kappa shape index (κ1) is 15.6. The number of benzene rings is 2. The number of thioether (sulfide) groups is 1. The molecule has 3 heteroatoms. The quantitative estimate of drug-likeness (QED) is 0.746. The van der Waals surface area contributed by atoms with Crippen LogP contribution in [0.25, 0.3) is 0 Å². The number of carbonyl (C=O) groups is 1. The summed E-state index contributed by atoms with van der Waals surface area (Å²) in [5.74, 6) is 2.18. The lowest BCUT2D eigenvalue weighted by atomic mass is 10.2. The third kappa shape index (κ3) is 6.50. The molecule has 2 rings (SSSR count). The molecule has 21 heavy (non-hydrogen) atoms. The second kappa shape index (κ2) is 9.24. The summed E-state index contributed by atoms with van der Waals surface area (Å²) in [6.07, 6.45) is 1.53. The molecule has 2 aromatic carbocycles. The highest BCUT2D eigenvalue weighted by atomic mass is 32.2. The van der Waals surface area contributed by atoms with Gasteiger partial charge in [-0.25, -0.2) is 0 Å². The van der Waals surface area contributed by atoms with Gasteiger partial charge in [0.25, 0.3) is 0 Å². The maximum absolute atomic E-state index is 11.7. The maximum Gasteiger partial charge on any atom is 0.220 e. The molecule has 0 spiro atoms. The van der Waals surface area contributed by atoms with E-state index in [1.807, 2.05) is 48.2 Å². The van der Waals surface area contributed by atoms with Crippen molar-refractivity contribution in [2.75, 3.05) is 5.75 Å². The fourth-order valence-corrected chi connectivity index (χ4v) is 2.90. The summed E-state index contributed by atoms with van der Waals surface area (Å²) in [6, 6.07) is 20.4. The van der Waals surface area contributed by atoms with Gasteiger partial charge in [0.2, 0.25) is 5.91 Å². The molecule has 0 saturated heterocycles. The molecule has 0 unspecified atom stereocenters. The van der Waals surface area contributed by atoms with Gasteiger partial charge in [0.15, 0.2) is 0 Å². The van der Waals surface area contributed by atoms with Crippen LogP contribution in [0, 0.1) is 0 Å². The Morgan fingerprint density at radius 1 is 0.905 bits per heavy atom. The zero-order valence-corrected chi connectivity index (χ0v) is 12.9. The molecule has 0 saturated carbocycles. The van der Waals surface area contributed by atoms with E-state index in [-0.39, 0.29) is 5.91 Å². The van der Waals surface area contributed by atoms with Gasteiger partial charge in [-0.05, 0) is 23.3 Å². The molecule has 0 radical (unpaired) electrons. The molecule has 0 fully saturated rings. The molecule has 0 atom stereocenters. The highest BCUT2D eigenvalue weighted by Gasteiger charge is 2.01. The summed E-state index contributed by atoms with van der Waals surface area (Å²) in [4.78, 5) is 11.7. The summed E-state index contributed by atoms with van der Waals surface area (Å²) in [7, 11) is 0. The van der Waals surface area contributed by atoms with Gasteiger partial charge in [-0.1, -0.05) is 60.7 Å². The molecular weight excluding hydrogens is 278 g/mol. The number of carbonyl (C=O) groups excluding carboxylic acids is 1. The highest BCUT2D eigenvalue weighted by molar-refractivity contribution is 7.98. The van der Waals surface area contributed by atoms with Crippen molar-refractivity contribution < 1.29 is 4.79 Å². The fraction of sp³-hybridized carbons (Fsp3) is 0.278. The summed E-state index contributed by atoms with van der Waals surface area (Å²) in [5, 5.41) is 2.96. The van der Waals surface area contributed by atoms with Gasteiger partial charge < -0.3 is 5.32 Å². The minimum absolute atomic E-state index is 0.138. The molecule has 0 bridgehead atoms. The van der Waals surface area contributed by atoms with Gasteiger partial charge in [0.05, 0.1) is 0 Å². The summed E-state index contributed by atoms with van der Waals surface area (Å²) >= 11 is 1.88. The smallest absolute Gasteiger partial charge is 0.220 e. The van der Waals surface area contributed by atoms with Crippen LogP contribution in [0.4, 0.5) is 0 Å². The van der Waals surface area contributed by atoms with E-state index in [1.54, 1.807) is 0 Å². The Bertz CT molecular complexity index is 527. The highest BCUT2D eigenvalue weighted by Crippen LogP contribution is 2.13. The second-order valence-corrected chi connectivity index (χ2v) is 6.01. The average Bonchev–Trinajstić information content (AvgIpc) is 2.54. The zero-order valence-electron chi connectivity index (χ0n) is 12.1. The molecule has 1 N–H and O–H groups in total. The molecule has 110 valence electrons. The van der Waals surface area contributed by atoms with E-state index >= 15 is 0 Å². The van der Waals surface area contributed by atoms with Crippen molar-refractivity contribution in [2.24, 2.45) is 0 Å². The summed E-state index contributed by atoms with van der Waals surface area (Å²) < 4.78 is 0. The maximum atomic E-state index is 11.7. The van der Waals surface area contributed by atoms with Crippen LogP contribution >= 0.6 is 11.8 Å². The molecule has 1 amide bonds. The first-order valence-corrected chi connectivity index (χ1v) is 8.42. The van der Waals surface area contributed by atoms with Crippen LogP contribution in [0.15, 0.2) is 60.7 Å².